The Balaban J connectivity index is 2.17. The third kappa shape index (κ3) is 4.93. The molecule has 0 aliphatic heterocycles. The monoisotopic (exact) mass is 449 g/mol. The van der Waals surface area contributed by atoms with Gasteiger partial charge in [-0.1, -0.05) is 25.1 Å². The van der Waals surface area contributed by atoms with Gasteiger partial charge in [0.25, 0.3) is 0 Å². The zero-order valence-electron chi connectivity index (χ0n) is 16.3. The summed E-state index contributed by atoms with van der Waals surface area (Å²) in [7, 11) is -4.16. The van der Waals surface area contributed by atoms with Crippen LogP contribution in [-0.4, -0.2) is 24.5 Å². The van der Waals surface area contributed by atoms with Crippen LogP contribution in [-0.2, 0) is 28.2 Å². The molecule has 31 heavy (non-hydrogen) atoms. The van der Waals surface area contributed by atoms with Crippen molar-refractivity contribution < 1.29 is 31.5 Å². The molecule has 3 aromatic rings. The van der Waals surface area contributed by atoms with Crippen LogP contribution in [0.2, 0.25) is 0 Å². The zero-order chi connectivity index (χ0) is 22.8. The number of benzene rings is 2. The highest BCUT2D eigenvalue weighted by molar-refractivity contribution is 7.90. The summed E-state index contributed by atoms with van der Waals surface area (Å²) in [5.74, 6) is -2.04. The lowest BCUT2D eigenvalue weighted by Crippen LogP contribution is -2.12. The van der Waals surface area contributed by atoms with Crippen LogP contribution >= 0.6 is 0 Å². The molecule has 3 rings (SSSR count). The van der Waals surface area contributed by atoms with Gasteiger partial charge < -0.3 is 5.11 Å². The highest BCUT2D eigenvalue weighted by Crippen LogP contribution is 2.35. The van der Waals surface area contributed by atoms with Gasteiger partial charge in [0.1, 0.15) is 0 Å². The number of hydrogen-bond acceptors (Lipinski definition) is 4. The third-order valence-electron chi connectivity index (χ3n) is 4.75. The summed E-state index contributed by atoms with van der Waals surface area (Å²) < 4.78 is 66.3. The van der Waals surface area contributed by atoms with Crippen LogP contribution in [0.25, 0.3) is 11.3 Å². The van der Waals surface area contributed by atoms with Crippen LogP contribution in [0.1, 0.15) is 34.0 Å². The summed E-state index contributed by atoms with van der Waals surface area (Å²) in [6.07, 6.45) is -2.89. The highest BCUT2D eigenvalue weighted by atomic mass is 32.2. The largest absolute Gasteiger partial charge is 0.478 e. The maximum atomic E-state index is 13.3. The van der Waals surface area contributed by atoms with E-state index >= 15 is 0 Å². The van der Waals surface area contributed by atoms with E-state index in [4.69, 9.17) is 0 Å². The standard InChI is InChI=1S/C22H18F3NO4S/c1-2-14-6-7-15(21(27)28)12-20(14)31(29,30)13-16-11-17(22(23,24)25)8-9-18(16)19-5-3-4-10-26-19/h3-12H,2,13H2,1H3,(H,27,28). The number of nitrogens with zero attached hydrogens (tertiary/aromatic N) is 1. The Morgan fingerprint density at radius 2 is 1.77 bits per heavy atom. The van der Waals surface area contributed by atoms with Gasteiger partial charge in [-0.05, 0) is 53.9 Å². The first kappa shape index (κ1) is 22.5. The van der Waals surface area contributed by atoms with Crippen molar-refractivity contribution in [2.75, 3.05) is 0 Å². The SMILES string of the molecule is CCc1ccc(C(=O)O)cc1S(=O)(=O)Cc1cc(C(F)(F)F)ccc1-c1ccccn1. The van der Waals surface area contributed by atoms with Crippen molar-refractivity contribution in [2.24, 2.45) is 0 Å². The van der Waals surface area contributed by atoms with Crippen molar-refractivity contribution in [3.8, 4) is 11.3 Å². The van der Waals surface area contributed by atoms with Crippen molar-refractivity contribution in [3.05, 3.63) is 83.0 Å². The van der Waals surface area contributed by atoms with E-state index in [-0.39, 0.29) is 21.6 Å². The lowest BCUT2D eigenvalue weighted by atomic mass is 10.0. The summed E-state index contributed by atoms with van der Waals surface area (Å²) in [5, 5.41) is 9.22. The normalized spacial score (nSPS) is 12.0. The molecule has 0 atom stereocenters. The number of pyridine rings is 1. The summed E-state index contributed by atoms with van der Waals surface area (Å²) in [4.78, 5) is 15.2. The van der Waals surface area contributed by atoms with Crippen LogP contribution in [0.15, 0.2) is 65.7 Å². The number of sulfone groups is 1. The number of aryl methyl sites for hydroxylation is 1. The Morgan fingerprint density at radius 1 is 1.03 bits per heavy atom. The molecule has 0 aliphatic carbocycles. The molecule has 0 amide bonds. The fraction of sp³-hybridized carbons (Fsp3) is 0.182. The van der Waals surface area contributed by atoms with Crippen molar-refractivity contribution >= 4 is 15.8 Å². The van der Waals surface area contributed by atoms with Crippen LogP contribution in [0.5, 0.6) is 0 Å². The van der Waals surface area contributed by atoms with Gasteiger partial charge >= 0.3 is 12.1 Å². The molecule has 0 saturated carbocycles. The van der Waals surface area contributed by atoms with Crippen LogP contribution in [0, 0.1) is 0 Å². The van der Waals surface area contributed by atoms with Gasteiger partial charge in [0, 0.05) is 11.8 Å². The molecule has 9 heteroatoms. The Hall–Kier alpha value is -3.20. The summed E-state index contributed by atoms with van der Waals surface area (Å²) in [6, 6.07) is 11.5. The van der Waals surface area contributed by atoms with Crippen molar-refractivity contribution in [1.82, 2.24) is 4.98 Å². The predicted octanol–water partition coefficient (Wildman–Crippen LogP) is 5.00. The van der Waals surface area contributed by atoms with Crippen molar-refractivity contribution in [1.29, 1.82) is 0 Å². The molecule has 0 spiro atoms. The van der Waals surface area contributed by atoms with Crippen molar-refractivity contribution in [3.63, 3.8) is 0 Å². The second kappa shape index (κ2) is 8.50. The van der Waals surface area contributed by atoms with E-state index in [1.54, 1.807) is 25.1 Å². The molecule has 0 bridgehead atoms. The maximum absolute atomic E-state index is 13.3. The van der Waals surface area contributed by atoms with Gasteiger partial charge in [0.2, 0.25) is 0 Å². The van der Waals surface area contributed by atoms with E-state index in [0.717, 1.165) is 18.2 Å². The summed E-state index contributed by atoms with van der Waals surface area (Å²) in [6.45, 7) is 1.71. The zero-order valence-corrected chi connectivity index (χ0v) is 17.2. The topological polar surface area (TPSA) is 84.3 Å². The number of carboxylic acids is 1. The van der Waals surface area contributed by atoms with Gasteiger partial charge in [-0.25, -0.2) is 13.2 Å². The van der Waals surface area contributed by atoms with Gasteiger partial charge in [-0.3, -0.25) is 4.98 Å². The second-order valence-corrected chi connectivity index (χ2v) is 8.78. The number of aromatic carboxylic acids is 1. The number of rotatable bonds is 6. The summed E-state index contributed by atoms with van der Waals surface area (Å²) >= 11 is 0. The fourth-order valence-corrected chi connectivity index (χ4v) is 4.94. The third-order valence-corrected chi connectivity index (χ3v) is 6.49. The molecule has 162 valence electrons. The quantitative estimate of drug-likeness (QED) is 0.572. The van der Waals surface area contributed by atoms with Crippen LogP contribution in [0.3, 0.4) is 0 Å². The molecular formula is C22H18F3NO4S. The molecule has 5 nitrogen and oxygen atoms in total. The van der Waals surface area contributed by atoms with E-state index in [0.29, 0.717) is 17.7 Å². The molecule has 2 aromatic carbocycles. The molecule has 0 radical (unpaired) electrons. The maximum Gasteiger partial charge on any atom is 0.416 e. The first-order valence-corrected chi connectivity index (χ1v) is 10.9. The molecule has 1 heterocycles. The second-order valence-electron chi connectivity index (χ2n) is 6.82. The average Bonchev–Trinajstić information content (AvgIpc) is 2.73. The Kier molecular flexibility index (Phi) is 6.17. The number of aromatic nitrogens is 1. The van der Waals surface area contributed by atoms with Crippen LogP contribution < -0.4 is 0 Å². The Bertz CT molecular complexity index is 1220. The Morgan fingerprint density at radius 3 is 2.35 bits per heavy atom. The number of hydrogen-bond donors (Lipinski definition) is 1. The van der Waals surface area contributed by atoms with E-state index in [1.165, 1.54) is 24.4 Å². The van der Waals surface area contributed by atoms with Gasteiger partial charge in [-0.15, -0.1) is 0 Å². The smallest absolute Gasteiger partial charge is 0.416 e. The number of carboxylic acid groups (broad SMARTS) is 1. The molecular weight excluding hydrogens is 431 g/mol. The van der Waals surface area contributed by atoms with E-state index in [9.17, 15) is 31.5 Å². The lowest BCUT2D eigenvalue weighted by Gasteiger charge is -2.15. The minimum atomic E-state index is -4.65. The molecule has 1 aromatic heterocycles. The molecule has 0 aliphatic rings. The van der Waals surface area contributed by atoms with E-state index in [1.807, 2.05) is 0 Å². The van der Waals surface area contributed by atoms with Gasteiger partial charge in [0.15, 0.2) is 9.84 Å². The minimum absolute atomic E-state index is 0.0729. The van der Waals surface area contributed by atoms with Crippen LogP contribution in [0.4, 0.5) is 13.2 Å². The predicted molar refractivity (Wildman–Crippen MR) is 108 cm³/mol. The van der Waals surface area contributed by atoms with E-state index < -0.39 is 33.3 Å². The average molecular weight is 449 g/mol. The molecule has 0 saturated heterocycles. The summed E-state index contributed by atoms with van der Waals surface area (Å²) in [5.41, 5.74) is -0.300. The van der Waals surface area contributed by atoms with Gasteiger partial charge in [-0.2, -0.15) is 13.2 Å². The molecule has 0 unspecified atom stereocenters. The number of halogens is 3. The van der Waals surface area contributed by atoms with Crippen molar-refractivity contribution in [2.45, 2.75) is 30.2 Å². The van der Waals surface area contributed by atoms with Gasteiger partial charge in [0.05, 0.1) is 27.5 Å². The number of alkyl halides is 3. The lowest BCUT2D eigenvalue weighted by molar-refractivity contribution is -0.137. The molecule has 1 N–H and O–H groups in total. The first-order valence-electron chi connectivity index (χ1n) is 9.23. The van der Waals surface area contributed by atoms with E-state index in [2.05, 4.69) is 4.98 Å². The fourth-order valence-electron chi connectivity index (χ4n) is 3.21. The first-order chi connectivity index (χ1) is 14.5. The minimum Gasteiger partial charge on any atom is -0.478 e. The highest BCUT2D eigenvalue weighted by Gasteiger charge is 2.32. The Labute approximate surface area is 177 Å². The molecule has 0 fully saturated rings. The number of carbonyl (C=O) groups is 1.